The number of aromatic nitrogens is 1. The highest BCUT2D eigenvalue weighted by molar-refractivity contribution is 5.93. The van der Waals surface area contributed by atoms with Gasteiger partial charge < -0.3 is 15.7 Å². The van der Waals surface area contributed by atoms with E-state index in [0.717, 1.165) is 5.69 Å². The van der Waals surface area contributed by atoms with Crippen LogP contribution in [-0.2, 0) is 4.79 Å². The smallest absolute Gasteiger partial charge is 0.329 e. The molecule has 0 fully saturated rings. The Morgan fingerprint density at radius 3 is 2.37 bits per heavy atom. The van der Waals surface area contributed by atoms with Crippen LogP contribution in [0.2, 0.25) is 0 Å². The van der Waals surface area contributed by atoms with E-state index in [2.05, 4.69) is 15.6 Å². The summed E-state index contributed by atoms with van der Waals surface area (Å²) in [6.45, 7) is 5.30. The summed E-state index contributed by atoms with van der Waals surface area (Å²) in [4.78, 5) is 27.1. The maximum absolute atomic E-state index is 11.8. The Hall–Kier alpha value is -2.11. The van der Waals surface area contributed by atoms with E-state index in [1.54, 1.807) is 26.0 Å². The van der Waals surface area contributed by atoms with E-state index in [0.29, 0.717) is 18.5 Å². The highest BCUT2D eigenvalue weighted by Crippen LogP contribution is 2.16. The second kappa shape index (κ2) is 6.17. The quantitative estimate of drug-likeness (QED) is 0.760. The minimum Gasteiger partial charge on any atom is -0.480 e. The second-order valence-electron chi connectivity index (χ2n) is 4.36. The molecule has 0 unspecified atom stereocenters. The molecule has 2 amide bonds. The van der Waals surface area contributed by atoms with Gasteiger partial charge in [0.15, 0.2) is 0 Å². The lowest BCUT2D eigenvalue weighted by Crippen LogP contribution is -2.54. The molecule has 19 heavy (non-hydrogen) atoms. The molecule has 1 aromatic heterocycles. The molecule has 6 nitrogen and oxygen atoms in total. The molecule has 0 aliphatic carbocycles. The van der Waals surface area contributed by atoms with Crippen molar-refractivity contribution in [3.63, 3.8) is 0 Å². The van der Waals surface area contributed by atoms with Gasteiger partial charge in [-0.15, -0.1) is 0 Å². The zero-order valence-corrected chi connectivity index (χ0v) is 11.4. The Labute approximate surface area is 112 Å². The molecule has 1 aromatic rings. The topological polar surface area (TPSA) is 91.3 Å². The number of carbonyl (C=O) groups excluding carboxylic acids is 1. The van der Waals surface area contributed by atoms with Crippen molar-refractivity contribution in [1.82, 2.24) is 10.3 Å². The van der Waals surface area contributed by atoms with Crippen LogP contribution in [0.3, 0.4) is 0 Å². The summed E-state index contributed by atoms with van der Waals surface area (Å²) in [6.07, 6.45) is 2.16. The lowest BCUT2D eigenvalue weighted by atomic mass is 9.93. The van der Waals surface area contributed by atoms with Crippen molar-refractivity contribution in [2.75, 3.05) is 5.32 Å². The summed E-state index contributed by atoms with van der Waals surface area (Å²) in [5.41, 5.74) is 0.130. The van der Waals surface area contributed by atoms with Gasteiger partial charge in [0.1, 0.15) is 5.54 Å². The van der Waals surface area contributed by atoms with Gasteiger partial charge in [-0.25, -0.2) is 9.59 Å². The monoisotopic (exact) mass is 265 g/mol. The van der Waals surface area contributed by atoms with Crippen LogP contribution in [0.4, 0.5) is 10.5 Å². The number of aliphatic carboxylic acids is 1. The Kier molecular flexibility index (Phi) is 4.86. The predicted molar refractivity (Wildman–Crippen MR) is 72.1 cm³/mol. The predicted octanol–water partition coefficient (Wildman–Crippen LogP) is 2.15. The van der Waals surface area contributed by atoms with Crippen molar-refractivity contribution < 1.29 is 14.7 Å². The van der Waals surface area contributed by atoms with E-state index < -0.39 is 17.5 Å². The lowest BCUT2D eigenvalue weighted by molar-refractivity contribution is -0.144. The Balaban J connectivity index is 2.73. The van der Waals surface area contributed by atoms with Crippen molar-refractivity contribution in [3.05, 3.63) is 24.0 Å². The molecular formula is C13H19N3O3. The summed E-state index contributed by atoms with van der Waals surface area (Å²) >= 11 is 0. The van der Waals surface area contributed by atoms with Crippen LogP contribution in [0.5, 0.6) is 0 Å². The molecule has 1 rings (SSSR count). The fourth-order valence-electron chi connectivity index (χ4n) is 1.70. The lowest BCUT2D eigenvalue weighted by Gasteiger charge is -2.28. The third kappa shape index (κ3) is 3.67. The van der Waals surface area contributed by atoms with Gasteiger partial charge in [0, 0.05) is 5.69 Å². The number of rotatable bonds is 5. The van der Waals surface area contributed by atoms with Crippen molar-refractivity contribution in [2.24, 2.45) is 0 Å². The highest BCUT2D eigenvalue weighted by Gasteiger charge is 2.36. The molecule has 104 valence electrons. The zero-order valence-electron chi connectivity index (χ0n) is 11.4. The Morgan fingerprint density at radius 2 is 1.95 bits per heavy atom. The average molecular weight is 265 g/mol. The number of anilines is 1. The maximum Gasteiger partial charge on any atom is 0.329 e. The van der Waals surface area contributed by atoms with E-state index in [4.69, 9.17) is 0 Å². The number of pyridine rings is 1. The Bertz CT molecular complexity index is 453. The van der Waals surface area contributed by atoms with Crippen LogP contribution >= 0.6 is 0 Å². The largest absolute Gasteiger partial charge is 0.480 e. The summed E-state index contributed by atoms with van der Waals surface area (Å²) < 4.78 is 0. The average Bonchev–Trinajstić information content (AvgIpc) is 2.38. The van der Waals surface area contributed by atoms with Crippen molar-refractivity contribution in [2.45, 2.75) is 39.2 Å². The highest BCUT2D eigenvalue weighted by atomic mass is 16.4. The standard InChI is InChI=1S/C13H19N3O3/c1-4-13(5-2,11(17)18)16-12(19)15-10-7-6-9(3)14-8-10/h6-8H,4-5H2,1-3H3,(H,17,18)(H2,15,16,19). The van der Waals surface area contributed by atoms with Gasteiger partial charge in [0.25, 0.3) is 0 Å². The first-order valence-electron chi connectivity index (χ1n) is 6.18. The Morgan fingerprint density at radius 1 is 1.32 bits per heavy atom. The molecule has 6 heteroatoms. The molecule has 0 atom stereocenters. The van der Waals surface area contributed by atoms with Gasteiger partial charge in [-0.3, -0.25) is 4.98 Å². The van der Waals surface area contributed by atoms with Crippen molar-refractivity contribution >= 4 is 17.7 Å². The summed E-state index contributed by atoms with van der Waals surface area (Å²) in [5, 5.41) is 14.3. The van der Waals surface area contributed by atoms with E-state index in [-0.39, 0.29) is 0 Å². The summed E-state index contributed by atoms with van der Waals surface area (Å²) in [6, 6.07) is 2.93. The summed E-state index contributed by atoms with van der Waals surface area (Å²) in [5.74, 6) is -1.03. The minimum atomic E-state index is -1.23. The summed E-state index contributed by atoms with van der Waals surface area (Å²) in [7, 11) is 0. The first-order chi connectivity index (χ1) is 8.93. The molecular weight excluding hydrogens is 246 g/mol. The van der Waals surface area contributed by atoms with Gasteiger partial charge in [0.05, 0.1) is 11.9 Å². The van der Waals surface area contributed by atoms with Crippen LogP contribution in [0, 0.1) is 6.92 Å². The first-order valence-corrected chi connectivity index (χ1v) is 6.18. The van der Waals surface area contributed by atoms with E-state index in [9.17, 15) is 14.7 Å². The molecule has 0 aliphatic rings. The van der Waals surface area contributed by atoms with Crippen LogP contribution < -0.4 is 10.6 Å². The fraction of sp³-hybridized carbons (Fsp3) is 0.462. The van der Waals surface area contributed by atoms with Gasteiger partial charge >= 0.3 is 12.0 Å². The molecule has 0 spiro atoms. The first kappa shape index (κ1) is 14.9. The van der Waals surface area contributed by atoms with Gasteiger partial charge in [0.2, 0.25) is 0 Å². The molecule has 0 radical (unpaired) electrons. The number of nitrogens with one attached hydrogen (secondary N) is 2. The number of carboxylic acids is 1. The van der Waals surface area contributed by atoms with Crippen LogP contribution in [-0.4, -0.2) is 27.6 Å². The molecule has 0 saturated heterocycles. The number of hydrogen-bond acceptors (Lipinski definition) is 3. The SMILES string of the molecule is CCC(CC)(NC(=O)Nc1ccc(C)nc1)C(=O)O. The number of aryl methyl sites for hydroxylation is 1. The number of carboxylic acid groups (broad SMARTS) is 1. The molecule has 1 heterocycles. The molecule has 0 aliphatic heterocycles. The molecule has 0 aromatic carbocycles. The minimum absolute atomic E-state index is 0.318. The van der Waals surface area contributed by atoms with Crippen LogP contribution in [0.15, 0.2) is 18.3 Å². The van der Waals surface area contributed by atoms with Crippen LogP contribution in [0.25, 0.3) is 0 Å². The van der Waals surface area contributed by atoms with Crippen molar-refractivity contribution in [1.29, 1.82) is 0 Å². The third-order valence-corrected chi connectivity index (χ3v) is 3.14. The van der Waals surface area contributed by atoms with E-state index in [1.165, 1.54) is 6.20 Å². The zero-order chi connectivity index (χ0) is 14.5. The normalized spacial score (nSPS) is 10.9. The number of nitrogens with zero attached hydrogens (tertiary/aromatic N) is 1. The van der Waals surface area contributed by atoms with Gasteiger partial charge in [-0.05, 0) is 31.9 Å². The van der Waals surface area contributed by atoms with Gasteiger partial charge in [-0.2, -0.15) is 0 Å². The van der Waals surface area contributed by atoms with E-state index >= 15 is 0 Å². The maximum atomic E-state index is 11.8. The van der Waals surface area contributed by atoms with E-state index in [1.807, 2.05) is 6.92 Å². The second-order valence-corrected chi connectivity index (χ2v) is 4.36. The van der Waals surface area contributed by atoms with Crippen molar-refractivity contribution in [3.8, 4) is 0 Å². The molecule has 0 bridgehead atoms. The fourth-order valence-corrected chi connectivity index (χ4v) is 1.70. The number of hydrogen-bond donors (Lipinski definition) is 3. The van der Waals surface area contributed by atoms with Crippen LogP contribution in [0.1, 0.15) is 32.4 Å². The number of amides is 2. The number of urea groups is 1. The third-order valence-electron chi connectivity index (χ3n) is 3.14. The molecule has 0 saturated carbocycles. The molecule has 3 N–H and O–H groups in total. The number of carbonyl (C=O) groups is 2. The van der Waals surface area contributed by atoms with Gasteiger partial charge in [-0.1, -0.05) is 13.8 Å².